The highest BCUT2D eigenvalue weighted by atomic mass is 32.1. The second-order valence-corrected chi connectivity index (χ2v) is 4.59. The van der Waals surface area contributed by atoms with Gasteiger partial charge < -0.3 is 20.3 Å². The second kappa shape index (κ2) is 11.0. The smallest absolute Gasteiger partial charge is 0.244 e. The minimum atomic E-state index is -0.299. The SMILES string of the molecule is CCOCCCNC(=S)NC(C)C(=O)N(CC)CC. The Balaban J connectivity index is 3.88. The summed E-state index contributed by atoms with van der Waals surface area (Å²) in [5.41, 5.74) is 0. The van der Waals surface area contributed by atoms with E-state index in [-0.39, 0.29) is 11.9 Å². The van der Waals surface area contributed by atoms with Gasteiger partial charge in [0.05, 0.1) is 0 Å². The molecule has 19 heavy (non-hydrogen) atoms. The molecule has 1 unspecified atom stereocenters. The van der Waals surface area contributed by atoms with Crippen LogP contribution in [0.4, 0.5) is 0 Å². The van der Waals surface area contributed by atoms with Gasteiger partial charge in [0.25, 0.3) is 0 Å². The van der Waals surface area contributed by atoms with Crippen LogP contribution in [0.2, 0.25) is 0 Å². The number of nitrogens with zero attached hydrogens (tertiary/aromatic N) is 1. The number of amides is 1. The van der Waals surface area contributed by atoms with E-state index in [9.17, 15) is 4.79 Å². The summed E-state index contributed by atoms with van der Waals surface area (Å²) >= 11 is 5.15. The second-order valence-electron chi connectivity index (χ2n) is 4.18. The van der Waals surface area contributed by atoms with Crippen LogP contribution < -0.4 is 10.6 Å². The van der Waals surface area contributed by atoms with Crippen molar-refractivity contribution in [2.75, 3.05) is 32.8 Å². The van der Waals surface area contributed by atoms with Gasteiger partial charge in [-0.25, -0.2) is 0 Å². The van der Waals surface area contributed by atoms with E-state index in [0.717, 1.165) is 39.3 Å². The minimum Gasteiger partial charge on any atom is -0.382 e. The summed E-state index contributed by atoms with van der Waals surface area (Å²) in [7, 11) is 0. The first-order chi connectivity index (χ1) is 9.06. The van der Waals surface area contributed by atoms with Gasteiger partial charge >= 0.3 is 0 Å². The quantitative estimate of drug-likeness (QED) is 0.492. The molecule has 1 amide bonds. The average molecular weight is 289 g/mol. The van der Waals surface area contributed by atoms with E-state index in [2.05, 4.69) is 10.6 Å². The Kier molecular flexibility index (Phi) is 10.5. The molecule has 6 heteroatoms. The summed E-state index contributed by atoms with van der Waals surface area (Å²) in [5.74, 6) is 0.0727. The fraction of sp³-hybridized carbons (Fsp3) is 0.846. The first-order valence-corrected chi connectivity index (χ1v) is 7.38. The molecule has 112 valence electrons. The van der Waals surface area contributed by atoms with Gasteiger partial charge in [0.15, 0.2) is 5.11 Å². The summed E-state index contributed by atoms with van der Waals surface area (Å²) < 4.78 is 5.23. The third-order valence-corrected chi connectivity index (χ3v) is 3.01. The predicted octanol–water partition coefficient (Wildman–Crippen LogP) is 1.13. The van der Waals surface area contributed by atoms with Crippen molar-refractivity contribution in [3.63, 3.8) is 0 Å². The van der Waals surface area contributed by atoms with E-state index in [4.69, 9.17) is 17.0 Å². The van der Waals surface area contributed by atoms with Crippen molar-refractivity contribution in [3.05, 3.63) is 0 Å². The van der Waals surface area contributed by atoms with Crippen LogP contribution in [0.5, 0.6) is 0 Å². The average Bonchev–Trinajstić information content (AvgIpc) is 2.39. The molecule has 0 saturated heterocycles. The molecule has 0 bridgehead atoms. The third kappa shape index (κ3) is 8.00. The number of ether oxygens (including phenoxy) is 1. The highest BCUT2D eigenvalue weighted by Crippen LogP contribution is 1.94. The van der Waals surface area contributed by atoms with Crippen LogP contribution in [0.15, 0.2) is 0 Å². The van der Waals surface area contributed by atoms with E-state index in [1.807, 2.05) is 27.7 Å². The van der Waals surface area contributed by atoms with Gasteiger partial charge in [0.1, 0.15) is 6.04 Å². The molecule has 0 fully saturated rings. The molecule has 0 aliphatic rings. The van der Waals surface area contributed by atoms with E-state index >= 15 is 0 Å². The maximum Gasteiger partial charge on any atom is 0.244 e. The Labute approximate surface area is 122 Å². The third-order valence-electron chi connectivity index (χ3n) is 2.75. The molecule has 0 aliphatic heterocycles. The summed E-state index contributed by atoms with van der Waals surface area (Å²) in [5, 5.41) is 6.60. The van der Waals surface area contributed by atoms with Crippen LogP contribution in [0.3, 0.4) is 0 Å². The lowest BCUT2D eigenvalue weighted by Gasteiger charge is -2.24. The lowest BCUT2D eigenvalue weighted by atomic mass is 10.3. The molecule has 0 aliphatic carbocycles. The number of thiocarbonyl (C=S) groups is 1. The molecule has 0 aromatic heterocycles. The maximum absolute atomic E-state index is 12.0. The number of hydrogen-bond donors (Lipinski definition) is 2. The van der Waals surface area contributed by atoms with Crippen molar-refractivity contribution in [1.82, 2.24) is 15.5 Å². The van der Waals surface area contributed by atoms with E-state index < -0.39 is 0 Å². The van der Waals surface area contributed by atoms with Crippen LogP contribution >= 0.6 is 12.2 Å². The first kappa shape index (κ1) is 18.1. The summed E-state index contributed by atoms with van der Waals surface area (Å²) in [6.45, 7) is 11.4. The zero-order valence-electron chi connectivity index (χ0n) is 12.5. The van der Waals surface area contributed by atoms with E-state index in [1.165, 1.54) is 0 Å². The van der Waals surface area contributed by atoms with Gasteiger partial charge in [-0.1, -0.05) is 0 Å². The Hall–Kier alpha value is -0.880. The van der Waals surface area contributed by atoms with Gasteiger partial charge in [-0.3, -0.25) is 4.79 Å². The molecule has 0 aromatic carbocycles. The Bertz CT molecular complexity index is 271. The van der Waals surface area contributed by atoms with Crippen LogP contribution in [-0.2, 0) is 9.53 Å². The molecule has 0 radical (unpaired) electrons. The van der Waals surface area contributed by atoms with Crippen molar-refractivity contribution in [2.24, 2.45) is 0 Å². The zero-order valence-corrected chi connectivity index (χ0v) is 13.3. The van der Waals surface area contributed by atoms with Crippen molar-refractivity contribution < 1.29 is 9.53 Å². The standard InChI is InChI=1S/C13H27N3O2S/c1-5-16(6-2)12(17)11(4)15-13(19)14-9-8-10-18-7-3/h11H,5-10H2,1-4H3,(H2,14,15,19). The monoisotopic (exact) mass is 289 g/mol. The van der Waals surface area contributed by atoms with Crippen molar-refractivity contribution in [1.29, 1.82) is 0 Å². The van der Waals surface area contributed by atoms with E-state index in [1.54, 1.807) is 4.90 Å². The molecule has 0 spiro atoms. The molecule has 0 heterocycles. The van der Waals surface area contributed by atoms with Crippen LogP contribution in [0, 0.1) is 0 Å². The fourth-order valence-corrected chi connectivity index (χ4v) is 1.92. The number of carbonyl (C=O) groups excluding carboxylic acids is 1. The summed E-state index contributed by atoms with van der Waals surface area (Å²) in [6.07, 6.45) is 0.897. The molecule has 0 saturated carbocycles. The summed E-state index contributed by atoms with van der Waals surface area (Å²) in [4.78, 5) is 13.8. The molecule has 2 N–H and O–H groups in total. The minimum absolute atomic E-state index is 0.0727. The van der Waals surface area contributed by atoms with Gasteiger partial charge in [0.2, 0.25) is 5.91 Å². The molecule has 0 rings (SSSR count). The van der Waals surface area contributed by atoms with Crippen molar-refractivity contribution in [2.45, 2.75) is 40.2 Å². The number of rotatable bonds is 9. The topological polar surface area (TPSA) is 53.6 Å². The number of nitrogens with one attached hydrogen (secondary N) is 2. The Morgan fingerprint density at radius 2 is 1.95 bits per heavy atom. The lowest BCUT2D eigenvalue weighted by Crippen LogP contribution is -2.49. The number of likely N-dealkylation sites (N-methyl/N-ethyl adjacent to an activating group) is 1. The Morgan fingerprint density at radius 3 is 2.47 bits per heavy atom. The van der Waals surface area contributed by atoms with Crippen LogP contribution in [0.1, 0.15) is 34.1 Å². The fourth-order valence-electron chi connectivity index (χ4n) is 1.64. The van der Waals surface area contributed by atoms with Gasteiger partial charge in [-0.15, -0.1) is 0 Å². The van der Waals surface area contributed by atoms with Gasteiger partial charge in [0, 0.05) is 32.8 Å². The Morgan fingerprint density at radius 1 is 1.32 bits per heavy atom. The number of hydrogen-bond acceptors (Lipinski definition) is 3. The largest absolute Gasteiger partial charge is 0.382 e. The zero-order chi connectivity index (χ0) is 14.7. The molecule has 0 aromatic rings. The highest BCUT2D eigenvalue weighted by Gasteiger charge is 2.18. The normalized spacial score (nSPS) is 11.8. The molecular weight excluding hydrogens is 262 g/mol. The first-order valence-electron chi connectivity index (χ1n) is 6.97. The van der Waals surface area contributed by atoms with Gasteiger partial charge in [-0.05, 0) is 46.3 Å². The lowest BCUT2D eigenvalue weighted by molar-refractivity contribution is -0.132. The molecule has 1 atom stereocenters. The summed E-state index contributed by atoms with van der Waals surface area (Å²) in [6, 6.07) is -0.299. The van der Waals surface area contributed by atoms with Crippen molar-refractivity contribution >= 4 is 23.2 Å². The van der Waals surface area contributed by atoms with Crippen LogP contribution in [0.25, 0.3) is 0 Å². The molecule has 5 nitrogen and oxygen atoms in total. The number of carbonyl (C=O) groups is 1. The van der Waals surface area contributed by atoms with Crippen molar-refractivity contribution in [3.8, 4) is 0 Å². The van der Waals surface area contributed by atoms with E-state index in [0.29, 0.717) is 5.11 Å². The maximum atomic E-state index is 12.0. The van der Waals surface area contributed by atoms with Crippen LogP contribution in [-0.4, -0.2) is 54.8 Å². The van der Waals surface area contributed by atoms with Gasteiger partial charge in [-0.2, -0.15) is 0 Å². The predicted molar refractivity (Wildman–Crippen MR) is 82.2 cm³/mol. The molecular formula is C13H27N3O2S. The highest BCUT2D eigenvalue weighted by molar-refractivity contribution is 7.80.